The third-order valence-electron chi connectivity index (χ3n) is 2.14. The third-order valence-corrected chi connectivity index (χ3v) is 2.14. The van der Waals surface area contributed by atoms with Gasteiger partial charge in [0.15, 0.2) is 0 Å². The Bertz CT molecular complexity index is 97.6. The second kappa shape index (κ2) is 3.91. The minimum Gasteiger partial charge on any atom is -0.383 e. The largest absolute Gasteiger partial charge is 0.383 e. The van der Waals surface area contributed by atoms with Gasteiger partial charge in [0.2, 0.25) is 0 Å². The number of nitrogens with one attached hydrogen (secondary N) is 1. The van der Waals surface area contributed by atoms with Crippen LogP contribution in [-0.2, 0) is 4.74 Å². The van der Waals surface area contributed by atoms with Crippen LogP contribution in [0.4, 0.5) is 0 Å². The molecule has 2 atom stereocenters. The summed E-state index contributed by atoms with van der Waals surface area (Å²) in [4.78, 5) is 0. The molecule has 1 aliphatic heterocycles. The first kappa shape index (κ1) is 7.98. The lowest BCUT2D eigenvalue weighted by molar-refractivity contribution is 0.158. The monoisotopic (exact) mass is 144 g/mol. The van der Waals surface area contributed by atoms with Gasteiger partial charge < -0.3 is 15.8 Å². The topological polar surface area (TPSA) is 47.3 Å². The van der Waals surface area contributed by atoms with Gasteiger partial charge in [-0.1, -0.05) is 0 Å². The molecule has 0 radical (unpaired) electrons. The molecule has 1 saturated heterocycles. The zero-order valence-electron chi connectivity index (χ0n) is 6.47. The molecule has 0 amide bonds. The first-order valence-corrected chi connectivity index (χ1v) is 3.81. The zero-order chi connectivity index (χ0) is 7.40. The van der Waals surface area contributed by atoms with Gasteiger partial charge in [-0.15, -0.1) is 0 Å². The highest BCUT2D eigenvalue weighted by molar-refractivity contribution is 4.83. The third kappa shape index (κ3) is 1.68. The summed E-state index contributed by atoms with van der Waals surface area (Å²) in [7, 11) is 1.73. The molecular weight excluding hydrogens is 128 g/mol. The minimum atomic E-state index is 0.495. The number of hydrogen-bond donors (Lipinski definition) is 2. The molecule has 1 aliphatic rings. The van der Waals surface area contributed by atoms with Crippen LogP contribution in [0.3, 0.4) is 0 Å². The van der Waals surface area contributed by atoms with Crippen LogP contribution in [-0.4, -0.2) is 32.8 Å². The van der Waals surface area contributed by atoms with Crippen molar-refractivity contribution in [2.45, 2.75) is 12.5 Å². The van der Waals surface area contributed by atoms with Gasteiger partial charge in [0.25, 0.3) is 0 Å². The van der Waals surface area contributed by atoms with Gasteiger partial charge in [0.1, 0.15) is 0 Å². The molecule has 3 heteroatoms. The lowest BCUT2D eigenvalue weighted by Gasteiger charge is -2.15. The number of rotatable bonds is 3. The van der Waals surface area contributed by atoms with E-state index in [1.54, 1.807) is 7.11 Å². The maximum absolute atomic E-state index is 5.56. The first-order valence-electron chi connectivity index (χ1n) is 3.81. The highest BCUT2D eigenvalue weighted by Crippen LogP contribution is 2.13. The Morgan fingerprint density at radius 1 is 1.70 bits per heavy atom. The highest BCUT2D eigenvalue weighted by atomic mass is 16.5. The summed E-state index contributed by atoms with van der Waals surface area (Å²) in [5, 5.41) is 3.35. The van der Waals surface area contributed by atoms with Crippen molar-refractivity contribution in [3.05, 3.63) is 0 Å². The predicted octanol–water partition coefficient (Wildman–Crippen LogP) is -0.430. The van der Waals surface area contributed by atoms with Gasteiger partial charge in [-0.25, -0.2) is 0 Å². The van der Waals surface area contributed by atoms with Crippen LogP contribution in [0.15, 0.2) is 0 Å². The molecule has 0 aliphatic carbocycles. The van der Waals surface area contributed by atoms with Crippen molar-refractivity contribution in [1.82, 2.24) is 5.32 Å². The standard InChI is InChI=1S/C7H16N2O/c1-10-5-7-6(4-8)2-3-9-7/h6-7,9H,2-5,8H2,1H3. The molecule has 1 rings (SSSR count). The molecule has 3 nitrogen and oxygen atoms in total. The Hall–Kier alpha value is -0.120. The van der Waals surface area contributed by atoms with E-state index in [0.29, 0.717) is 12.0 Å². The van der Waals surface area contributed by atoms with Crippen molar-refractivity contribution in [3.8, 4) is 0 Å². The Morgan fingerprint density at radius 2 is 2.50 bits per heavy atom. The average molecular weight is 144 g/mol. The van der Waals surface area contributed by atoms with Crippen LogP contribution in [0, 0.1) is 5.92 Å². The molecule has 0 spiro atoms. The smallest absolute Gasteiger partial charge is 0.0619 e. The fourth-order valence-electron chi connectivity index (χ4n) is 1.48. The van der Waals surface area contributed by atoms with Crippen LogP contribution in [0.1, 0.15) is 6.42 Å². The second-order valence-electron chi connectivity index (χ2n) is 2.80. The van der Waals surface area contributed by atoms with E-state index < -0.39 is 0 Å². The van der Waals surface area contributed by atoms with Gasteiger partial charge in [0, 0.05) is 13.2 Å². The average Bonchev–Trinajstić information content (AvgIpc) is 2.36. The van der Waals surface area contributed by atoms with Crippen molar-refractivity contribution < 1.29 is 4.74 Å². The summed E-state index contributed by atoms with van der Waals surface area (Å²) in [5.74, 6) is 0.625. The van der Waals surface area contributed by atoms with E-state index in [9.17, 15) is 0 Å². The van der Waals surface area contributed by atoms with Crippen LogP contribution in [0.25, 0.3) is 0 Å². The molecular formula is C7H16N2O. The summed E-state index contributed by atoms with van der Waals surface area (Å²) >= 11 is 0. The van der Waals surface area contributed by atoms with Crippen molar-refractivity contribution in [2.24, 2.45) is 11.7 Å². The molecule has 0 aromatic rings. The van der Waals surface area contributed by atoms with Gasteiger partial charge in [-0.2, -0.15) is 0 Å². The maximum atomic E-state index is 5.56. The zero-order valence-corrected chi connectivity index (χ0v) is 6.47. The van der Waals surface area contributed by atoms with E-state index in [2.05, 4.69) is 5.32 Å². The Morgan fingerprint density at radius 3 is 3.10 bits per heavy atom. The summed E-state index contributed by atoms with van der Waals surface area (Å²) in [6.45, 7) is 2.67. The van der Waals surface area contributed by atoms with Gasteiger partial charge in [-0.05, 0) is 25.4 Å². The number of nitrogens with two attached hydrogens (primary N) is 1. The number of hydrogen-bond acceptors (Lipinski definition) is 3. The molecule has 60 valence electrons. The lowest BCUT2D eigenvalue weighted by atomic mass is 10.0. The van der Waals surface area contributed by atoms with Crippen molar-refractivity contribution in [3.63, 3.8) is 0 Å². The van der Waals surface area contributed by atoms with Crippen LogP contribution < -0.4 is 11.1 Å². The molecule has 0 aromatic heterocycles. The quantitative estimate of drug-likeness (QED) is 0.565. The predicted molar refractivity (Wildman–Crippen MR) is 40.8 cm³/mol. The van der Waals surface area contributed by atoms with Crippen molar-refractivity contribution in [1.29, 1.82) is 0 Å². The van der Waals surface area contributed by atoms with Gasteiger partial charge in [0.05, 0.1) is 6.61 Å². The molecule has 10 heavy (non-hydrogen) atoms. The van der Waals surface area contributed by atoms with Gasteiger partial charge >= 0.3 is 0 Å². The van der Waals surface area contributed by atoms with E-state index >= 15 is 0 Å². The molecule has 0 aromatic carbocycles. The Labute approximate surface area is 61.9 Å². The van der Waals surface area contributed by atoms with E-state index in [1.807, 2.05) is 0 Å². The number of ether oxygens (including phenoxy) is 1. The summed E-state index contributed by atoms with van der Waals surface area (Å²) in [5.41, 5.74) is 5.56. The molecule has 3 N–H and O–H groups in total. The molecule has 0 saturated carbocycles. The maximum Gasteiger partial charge on any atom is 0.0619 e. The fraction of sp³-hybridized carbons (Fsp3) is 1.00. The fourth-order valence-corrected chi connectivity index (χ4v) is 1.48. The minimum absolute atomic E-state index is 0.495. The normalized spacial score (nSPS) is 33.0. The second-order valence-corrected chi connectivity index (χ2v) is 2.80. The van der Waals surface area contributed by atoms with E-state index in [4.69, 9.17) is 10.5 Å². The van der Waals surface area contributed by atoms with E-state index in [-0.39, 0.29) is 0 Å². The molecule has 1 fully saturated rings. The lowest BCUT2D eigenvalue weighted by Crippen LogP contribution is -2.34. The van der Waals surface area contributed by atoms with E-state index in [1.165, 1.54) is 6.42 Å². The Kier molecular flexibility index (Phi) is 3.12. The summed E-state index contributed by atoms with van der Waals surface area (Å²) in [6.07, 6.45) is 1.20. The van der Waals surface area contributed by atoms with Crippen molar-refractivity contribution >= 4 is 0 Å². The van der Waals surface area contributed by atoms with Crippen molar-refractivity contribution in [2.75, 3.05) is 26.8 Å². The molecule has 1 heterocycles. The van der Waals surface area contributed by atoms with Crippen LogP contribution >= 0.6 is 0 Å². The van der Waals surface area contributed by atoms with E-state index in [0.717, 1.165) is 19.7 Å². The highest BCUT2D eigenvalue weighted by Gasteiger charge is 2.24. The summed E-state index contributed by atoms with van der Waals surface area (Å²) < 4.78 is 5.04. The SMILES string of the molecule is COCC1NCCC1CN. The summed E-state index contributed by atoms with van der Waals surface area (Å²) in [6, 6.07) is 0.495. The van der Waals surface area contributed by atoms with Crippen LogP contribution in [0.5, 0.6) is 0 Å². The Balaban J connectivity index is 2.27. The van der Waals surface area contributed by atoms with Gasteiger partial charge in [-0.3, -0.25) is 0 Å². The molecule has 2 unspecified atom stereocenters. The molecule has 0 bridgehead atoms. The van der Waals surface area contributed by atoms with Crippen LogP contribution in [0.2, 0.25) is 0 Å². The first-order chi connectivity index (χ1) is 4.88. The number of methoxy groups -OCH3 is 1.